The summed E-state index contributed by atoms with van der Waals surface area (Å²) in [5, 5.41) is 25.3. The van der Waals surface area contributed by atoms with E-state index in [1.165, 1.54) is 24.5 Å². The molecule has 10 nitrogen and oxygen atoms in total. The number of nitrogens with zero attached hydrogens (tertiary/aromatic N) is 2. The summed E-state index contributed by atoms with van der Waals surface area (Å²) in [6, 6.07) is 2.94. The van der Waals surface area contributed by atoms with Crippen LogP contribution in [0.15, 0.2) is 30.7 Å². The molecule has 0 saturated carbocycles. The van der Waals surface area contributed by atoms with E-state index >= 15 is 0 Å². The molecular weight excluding hydrogens is 308 g/mol. The van der Waals surface area contributed by atoms with Crippen molar-refractivity contribution in [1.82, 2.24) is 15.0 Å². The predicted molar refractivity (Wildman–Crippen MR) is 76.1 cm³/mol. The fraction of sp³-hybridized carbons (Fsp3) is 0.154. The number of carbonyl (C=O) groups is 3. The molecule has 122 valence electrons. The number of carboxylic acid groups (broad SMARTS) is 3. The highest BCUT2D eigenvalue weighted by molar-refractivity contribution is 5.89. The molecule has 0 spiro atoms. The Balaban J connectivity index is 0.000000231. The van der Waals surface area contributed by atoms with Crippen molar-refractivity contribution in [3.63, 3.8) is 0 Å². The minimum absolute atomic E-state index is 0.269. The number of aromatic carboxylic acids is 2. The van der Waals surface area contributed by atoms with Gasteiger partial charge in [0.05, 0.1) is 6.33 Å². The normalized spacial score (nSPS) is 11.0. The molecule has 6 N–H and O–H groups in total. The lowest BCUT2D eigenvalue weighted by Gasteiger charge is -2.02. The molecule has 2 rings (SSSR count). The Morgan fingerprint density at radius 3 is 2.09 bits per heavy atom. The van der Waals surface area contributed by atoms with E-state index in [-0.39, 0.29) is 17.8 Å². The Morgan fingerprint density at radius 1 is 1.13 bits per heavy atom. The van der Waals surface area contributed by atoms with Crippen LogP contribution in [0.5, 0.6) is 0 Å². The topological polar surface area (TPSA) is 179 Å². The average molecular weight is 322 g/mol. The lowest BCUT2D eigenvalue weighted by atomic mass is 10.2. The molecule has 0 aliphatic carbocycles. The zero-order valence-corrected chi connectivity index (χ0v) is 11.7. The van der Waals surface area contributed by atoms with Crippen molar-refractivity contribution in [2.24, 2.45) is 5.73 Å². The van der Waals surface area contributed by atoms with E-state index in [0.29, 0.717) is 0 Å². The van der Waals surface area contributed by atoms with Gasteiger partial charge < -0.3 is 26.0 Å². The fourth-order valence-electron chi connectivity index (χ4n) is 1.39. The van der Waals surface area contributed by atoms with Gasteiger partial charge in [0.1, 0.15) is 17.4 Å². The van der Waals surface area contributed by atoms with Crippen LogP contribution in [0.2, 0.25) is 0 Å². The highest BCUT2D eigenvalue weighted by Gasteiger charge is 2.12. The molecule has 0 aromatic carbocycles. The summed E-state index contributed by atoms with van der Waals surface area (Å²) in [4.78, 5) is 40.8. The van der Waals surface area contributed by atoms with Crippen LogP contribution in [0, 0.1) is 0 Å². The first kappa shape index (κ1) is 17.8. The van der Waals surface area contributed by atoms with E-state index in [1.807, 2.05) is 0 Å². The van der Waals surface area contributed by atoms with E-state index in [0.717, 1.165) is 5.69 Å². The first-order valence-corrected chi connectivity index (χ1v) is 6.20. The lowest BCUT2D eigenvalue weighted by Crippen LogP contribution is -2.32. The number of aliphatic carboxylic acids is 1. The van der Waals surface area contributed by atoms with E-state index in [1.54, 1.807) is 6.20 Å². The number of aromatic amines is 1. The van der Waals surface area contributed by atoms with E-state index in [4.69, 9.17) is 21.1 Å². The Hall–Kier alpha value is -3.27. The number of aromatic nitrogens is 3. The first-order valence-electron chi connectivity index (χ1n) is 6.20. The van der Waals surface area contributed by atoms with Crippen molar-refractivity contribution in [3.05, 3.63) is 47.8 Å². The monoisotopic (exact) mass is 322 g/mol. The number of imidazole rings is 1. The molecule has 0 bridgehead atoms. The molecule has 2 aromatic rings. The van der Waals surface area contributed by atoms with E-state index in [9.17, 15) is 14.4 Å². The maximum atomic E-state index is 10.3. The molecule has 0 radical (unpaired) electrons. The first-order chi connectivity index (χ1) is 10.8. The van der Waals surface area contributed by atoms with Gasteiger partial charge in [0, 0.05) is 18.3 Å². The third-order valence-corrected chi connectivity index (χ3v) is 2.50. The second-order valence-corrected chi connectivity index (χ2v) is 4.24. The summed E-state index contributed by atoms with van der Waals surface area (Å²) >= 11 is 0. The fourth-order valence-corrected chi connectivity index (χ4v) is 1.39. The van der Waals surface area contributed by atoms with Crippen LogP contribution in [0.1, 0.15) is 26.7 Å². The van der Waals surface area contributed by atoms with Gasteiger partial charge in [-0.2, -0.15) is 0 Å². The van der Waals surface area contributed by atoms with Gasteiger partial charge in [-0.25, -0.2) is 19.6 Å². The van der Waals surface area contributed by atoms with Crippen molar-refractivity contribution >= 4 is 17.9 Å². The molecule has 10 heteroatoms. The van der Waals surface area contributed by atoms with Crippen molar-refractivity contribution in [3.8, 4) is 0 Å². The number of pyridine rings is 1. The summed E-state index contributed by atoms with van der Waals surface area (Å²) in [6.07, 6.45) is 3.34. The van der Waals surface area contributed by atoms with Gasteiger partial charge in [-0.05, 0) is 12.1 Å². The molecule has 0 saturated heterocycles. The van der Waals surface area contributed by atoms with E-state index < -0.39 is 23.9 Å². The molecule has 0 fully saturated rings. The van der Waals surface area contributed by atoms with Crippen LogP contribution in [-0.2, 0) is 11.2 Å². The van der Waals surface area contributed by atoms with Crippen LogP contribution >= 0.6 is 0 Å². The zero-order valence-electron chi connectivity index (χ0n) is 11.7. The molecule has 0 amide bonds. The summed E-state index contributed by atoms with van der Waals surface area (Å²) in [7, 11) is 0. The van der Waals surface area contributed by atoms with Crippen LogP contribution in [-0.4, -0.2) is 54.2 Å². The van der Waals surface area contributed by atoms with Crippen molar-refractivity contribution < 1.29 is 29.7 Å². The molecule has 1 atom stereocenters. The smallest absolute Gasteiger partial charge is 0.354 e. The van der Waals surface area contributed by atoms with Crippen LogP contribution in [0.4, 0.5) is 0 Å². The van der Waals surface area contributed by atoms with Gasteiger partial charge in [-0.1, -0.05) is 6.07 Å². The van der Waals surface area contributed by atoms with Gasteiger partial charge in [0.2, 0.25) is 0 Å². The number of nitrogens with two attached hydrogens (primary N) is 1. The van der Waals surface area contributed by atoms with Crippen molar-refractivity contribution in [2.75, 3.05) is 0 Å². The minimum atomic E-state index is -1.24. The minimum Gasteiger partial charge on any atom is -0.480 e. The number of hydrogen-bond acceptors (Lipinski definition) is 6. The van der Waals surface area contributed by atoms with Gasteiger partial charge in [0.15, 0.2) is 0 Å². The lowest BCUT2D eigenvalue weighted by molar-refractivity contribution is -0.138. The van der Waals surface area contributed by atoms with Crippen LogP contribution in [0.25, 0.3) is 0 Å². The second-order valence-electron chi connectivity index (χ2n) is 4.24. The summed E-state index contributed by atoms with van der Waals surface area (Å²) < 4.78 is 0. The standard InChI is InChI=1S/C7H5NO4.C6H9N3O2/c9-6(10)4-2-1-3-5(8-4)7(11)12;7-5(6(10)11)1-4-2-8-3-9-4/h1-3H,(H,9,10)(H,11,12);2-3,5H,1,7H2,(H,8,9)(H,10,11). The van der Waals surface area contributed by atoms with Gasteiger partial charge in [0.25, 0.3) is 0 Å². The molecule has 0 aliphatic rings. The Labute approximate surface area is 129 Å². The summed E-state index contributed by atoms with van der Waals surface area (Å²) in [5.41, 5.74) is 5.46. The molecule has 1 unspecified atom stereocenters. The molecule has 23 heavy (non-hydrogen) atoms. The number of hydrogen-bond donors (Lipinski definition) is 5. The number of H-pyrrole nitrogens is 1. The Morgan fingerprint density at radius 2 is 1.70 bits per heavy atom. The highest BCUT2D eigenvalue weighted by Crippen LogP contribution is 1.99. The van der Waals surface area contributed by atoms with Crippen LogP contribution in [0.3, 0.4) is 0 Å². The SMILES string of the molecule is NC(Cc1cnc[nH]1)C(=O)O.O=C(O)c1cccc(C(=O)O)n1. The second kappa shape index (κ2) is 8.24. The number of nitrogens with one attached hydrogen (secondary N) is 1. The quantitative estimate of drug-likeness (QED) is 0.499. The predicted octanol–water partition coefficient (Wildman–Crippen LogP) is -0.158. The number of rotatable bonds is 5. The maximum absolute atomic E-state index is 10.3. The molecule has 0 aliphatic heterocycles. The van der Waals surface area contributed by atoms with Gasteiger partial charge >= 0.3 is 17.9 Å². The van der Waals surface area contributed by atoms with E-state index in [2.05, 4.69) is 15.0 Å². The van der Waals surface area contributed by atoms with Crippen LogP contribution < -0.4 is 5.73 Å². The maximum Gasteiger partial charge on any atom is 0.354 e. The average Bonchev–Trinajstić information content (AvgIpc) is 3.00. The Bertz CT molecular complexity index is 656. The highest BCUT2D eigenvalue weighted by atomic mass is 16.4. The molecular formula is C13H14N4O6. The Kier molecular flexibility index (Phi) is 6.37. The summed E-state index contributed by atoms with van der Waals surface area (Å²) in [5.74, 6) is -3.48. The number of carboxylic acids is 3. The van der Waals surface area contributed by atoms with Gasteiger partial charge in [-0.3, -0.25) is 4.79 Å². The molecule has 2 heterocycles. The van der Waals surface area contributed by atoms with Gasteiger partial charge in [-0.15, -0.1) is 0 Å². The van der Waals surface area contributed by atoms with Crippen molar-refractivity contribution in [2.45, 2.75) is 12.5 Å². The zero-order chi connectivity index (χ0) is 17.4. The summed E-state index contributed by atoms with van der Waals surface area (Å²) in [6.45, 7) is 0. The third-order valence-electron chi connectivity index (χ3n) is 2.50. The molecule has 2 aromatic heterocycles. The van der Waals surface area contributed by atoms with Crippen molar-refractivity contribution in [1.29, 1.82) is 0 Å². The third kappa shape index (κ3) is 5.93. The largest absolute Gasteiger partial charge is 0.480 e.